The minimum Gasteiger partial charge on any atom is -0.351 e. The van der Waals surface area contributed by atoms with Gasteiger partial charge in [0.15, 0.2) is 0 Å². The molecule has 0 radical (unpaired) electrons. The van der Waals surface area contributed by atoms with E-state index in [1.54, 1.807) is 24.3 Å². The highest BCUT2D eigenvalue weighted by molar-refractivity contribution is 6.20. The number of hydrogen-bond donors (Lipinski definition) is 2. The van der Waals surface area contributed by atoms with Gasteiger partial charge in [0.25, 0.3) is 17.5 Å². The summed E-state index contributed by atoms with van der Waals surface area (Å²) in [6.07, 6.45) is 0. The van der Waals surface area contributed by atoms with Gasteiger partial charge < -0.3 is 10.6 Å². The van der Waals surface area contributed by atoms with Crippen molar-refractivity contribution in [2.24, 2.45) is 10.9 Å². The van der Waals surface area contributed by atoms with Crippen LogP contribution in [-0.2, 0) is 4.79 Å². The van der Waals surface area contributed by atoms with Crippen LogP contribution in [0.5, 0.6) is 0 Å². The number of fused-ring (bicyclic) bond motifs is 1. The second-order valence-corrected chi connectivity index (χ2v) is 7.20. The smallest absolute Gasteiger partial charge is 0.269 e. The van der Waals surface area contributed by atoms with Crippen molar-refractivity contribution in [3.8, 4) is 6.07 Å². The van der Waals surface area contributed by atoms with Crippen LogP contribution in [0.3, 0.4) is 0 Å². The number of non-ortho nitro benzene ring substituents is 1. The Bertz CT molecular complexity index is 1160. The number of nitrogens with zero attached hydrogens (tertiary/aromatic N) is 3. The summed E-state index contributed by atoms with van der Waals surface area (Å²) < 4.78 is 0. The number of amides is 2. The van der Waals surface area contributed by atoms with Crippen LogP contribution in [0, 0.1) is 27.4 Å². The molecule has 31 heavy (non-hydrogen) atoms. The zero-order chi connectivity index (χ0) is 22.5. The Morgan fingerprint density at radius 3 is 2.35 bits per heavy atom. The number of carbonyl (C=O) groups excluding carboxylic acids is 2. The molecule has 0 atom stereocenters. The Morgan fingerprint density at radius 2 is 1.77 bits per heavy atom. The monoisotopic (exact) mass is 417 g/mol. The van der Waals surface area contributed by atoms with Crippen molar-refractivity contribution < 1.29 is 14.5 Å². The van der Waals surface area contributed by atoms with Gasteiger partial charge in [0.1, 0.15) is 17.5 Å². The lowest BCUT2D eigenvalue weighted by Crippen LogP contribution is -2.30. The van der Waals surface area contributed by atoms with Crippen molar-refractivity contribution in [2.75, 3.05) is 6.54 Å². The first-order chi connectivity index (χ1) is 14.8. The topological polar surface area (TPSA) is 137 Å². The molecule has 9 nitrogen and oxygen atoms in total. The molecule has 0 aromatic heterocycles. The van der Waals surface area contributed by atoms with Gasteiger partial charge in [-0.15, -0.1) is 0 Å². The van der Waals surface area contributed by atoms with Crippen LogP contribution in [0.4, 0.5) is 5.69 Å². The number of nitro groups is 1. The quantitative estimate of drug-likeness (QED) is 0.333. The van der Waals surface area contributed by atoms with Crippen LogP contribution in [0.2, 0.25) is 0 Å². The normalized spacial score (nSPS) is 13.7. The number of amidine groups is 1. The molecule has 2 aromatic carbocycles. The lowest BCUT2D eigenvalue weighted by atomic mass is 10.0. The number of benzene rings is 2. The van der Waals surface area contributed by atoms with E-state index in [0.29, 0.717) is 17.7 Å². The number of nitrogens with one attached hydrogen (secondary N) is 2. The largest absolute Gasteiger partial charge is 0.351 e. The summed E-state index contributed by atoms with van der Waals surface area (Å²) in [6, 6.07) is 14.0. The van der Waals surface area contributed by atoms with E-state index in [-0.39, 0.29) is 34.3 Å². The van der Waals surface area contributed by atoms with E-state index >= 15 is 0 Å². The third-order valence-electron chi connectivity index (χ3n) is 4.48. The van der Waals surface area contributed by atoms with Gasteiger partial charge in [0.05, 0.1) is 10.6 Å². The molecule has 0 unspecified atom stereocenters. The van der Waals surface area contributed by atoms with Gasteiger partial charge in [-0.1, -0.05) is 38.1 Å². The fourth-order valence-electron chi connectivity index (χ4n) is 2.92. The molecule has 0 saturated carbocycles. The molecule has 0 aliphatic carbocycles. The molecule has 1 aliphatic heterocycles. The molecule has 1 aliphatic rings. The van der Waals surface area contributed by atoms with Crippen molar-refractivity contribution in [3.63, 3.8) is 0 Å². The maximum Gasteiger partial charge on any atom is 0.269 e. The highest BCUT2D eigenvalue weighted by Gasteiger charge is 2.27. The maximum atomic E-state index is 12.6. The summed E-state index contributed by atoms with van der Waals surface area (Å²) in [4.78, 5) is 39.7. The molecule has 0 saturated heterocycles. The maximum absolute atomic E-state index is 12.6. The Hall–Kier alpha value is -4.32. The molecule has 9 heteroatoms. The van der Waals surface area contributed by atoms with Crippen LogP contribution in [-0.4, -0.2) is 29.1 Å². The summed E-state index contributed by atoms with van der Waals surface area (Å²) in [7, 11) is 0. The van der Waals surface area contributed by atoms with Crippen LogP contribution in [0.1, 0.15) is 35.3 Å². The minimum atomic E-state index is -0.552. The van der Waals surface area contributed by atoms with Crippen LogP contribution >= 0.6 is 0 Å². The van der Waals surface area contributed by atoms with Gasteiger partial charge in [0, 0.05) is 35.4 Å². The average molecular weight is 417 g/mol. The molecule has 1 heterocycles. The second kappa shape index (κ2) is 9.00. The first-order valence-electron chi connectivity index (χ1n) is 9.48. The summed E-state index contributed by atoms with van der Waals surface area (Å²) >= 11 is 0. The van der Waals surface area contributed by atoms with E-state index in [1.807, 2.05) is 19.9 Å². The number of nitro benzene ring substituents is 1. The lowest BCUT2D eigenvalue weighted by Gasteiger charge is -2.08. The first kappa shape index (κ1) is 21.4. The summed E-state index contributed by atoms with van der Waals surface area (Å²) in [5, 5.41) is 25.7. The van der Waals surface area contributed by atoms with Crippen molar-refractivity contribution >= 4 is 29.0 Å². The second-order valence-electron chi connectivity index (χ2n) is 7.20. The molecule has 2 aromatic rings. The third kappa shape index (κ3) is 4.64. The predicted molar refractivity (Wildman–Crippen MR) is 114 cm³/mol. The van der Waals surface area contributed by atoms with E-state index in [2.05, 4.69) is 15.6 Å². The molecule has 2 N–H and O–H groups in total. The molecule has 0 fully saturated rings. The molecular weight excluding hydrogens is 398 g/mol. The first-order valence-corrected chi connectivity index (χ1v) is 9.48. The van der Waals surface area contributed by atoms with Gasteiger partial charge in [0.2, 0.25) is 0 Å². The van der Waals surface area contributed by atoms with Crippen molar-refractivity contribution in [1.29, 1.82) is 5.26 Å². The van der Waals surface area contributed by atoms with E-state index in [4.69, 9.17) is 0 Å². The van der Waals surface area contributed by atoms with Crippen LogP contribution < -0.4 is 10.6 Å². The van der Waals surface area contributed by atoms with Crippen molar-refractivity contribution in [2.45, 2.75) is 13.8 Å². The van der Waals surface area contributed by atoms with Crippen molar-refractivity contribution in [3.05, 3.63) is 80.9 Å². The number of aliphatic imine (C=N–C) groups is 1. The molecule has 2 amide bonds. The van der Waals surface area contributed by atoms with Crippen LogP contribution in [0.15, 0.2) is 59.1 Å². The Kier molecular flexibility index (Phi) is 6.21. The number of carbonyl (C=O) groups is 2. The zero-order valence-corrected chi connectivity index (χ0v) is 16.9. The minimum absolute atomic E-state index is 0.128. The van der Waals surface area contributed by atoms with E-state index in [0.717, 1.165) is 0 Å². The standard InChI is InChI=1S/C22H19N5O4/c1-13(2)12-24-22(29)18(11-23)19-16-5-3-4-6-17(16)20(25-19)26-21(28)14-7-9-15(10-8-14)27(30)31/h3-10,13H,12H2,1-2H3,(H,24,29)(H,25,26,28)/b19-18-. The molecular formula is C22H19N5O4. The van der Waals surface area contributed by atoms with Gasteiger partial charge in [-0.25, -0.2) is 4.99 Å². The Morgan fingerprint density at radius 1 is 1.13 bits per heavy atom. The van der Waals surface area contributed by atoms with Gasteiger partial charge in [-0.05, 0) is 18.1 Å². The molecule has 3 rings (SSSR count). The van der Waals surface area contributed by atoms with Crippen molar-refractivity contribution in [1.82, 2.24) is 10.6 Å². The average Bonchev–Trinajstić information content (AvgIpc) is 3.11. The fourth-order valence-corrected chi connectivity index (χ4v) is 2.92. The predicted octanol–water partition coefficient (Wildman–Crippen LogP) is 2.79. The van der Waals surface area contributed by atoms with E-state index in [9.17, 15) is 25.0 Å². The number of nitriles is 1. The van der Waals surface area contributed by atoms with E-state index < -0.39 is 16.7 Å². The highest BCUT2D eigenvalue weighted by atomic mass is 16.6. The van der Waals surface area contributed by atoms with Gasteiger partial charge >= 0.3 is 0 Å². The summed E-state index contributed by atoms with van der Waals surface area (Å²) in [5.74, 6) is -0.650. The zero-order valence-electron chi connectivity index (χ0n) is 16.9. The fraction of sp³-hybridized carbons (Fsp3) is 0.182. The third-order valence-corrected chi connectivity index (χ3v) is 4.48. The summed E-state index contributed by atoms with van der Waals surface area (Å²) in [5.41, 5.74) is 1.23. The van der Waals surface area contributed by atoms with Gasteiger partial charge in [-0.2, -0.15) is 5.26 Å². The summed E-state index contributed by atoms with van der Waals surface area (Å²) in [6.45, 7) is 4.29. The molecule has 0 bridgehead atoms. The molecule has 0 spiro atoms. The van der Waals surface area contributed by atoms with Gasteiger partial charge in [-0.3, -0.25) is 19.7 Å². The number of rotatable bonds is 5. The Balaban J connectivity index is 1.93. The SMILES string of the molecule is CC(C)CNC(=O)/C(C#N)=C1\N=C(NC(=O)c2ccc([N+](=O)[O-])cc2)c2ccccc21. The van der Waals surface area contributed by atoms with E-state index in [1.165, 1.54) is 24.3 Å². The Labute approximate surface area is 178 Å². The number of hydrogen-bond acceptors (Lipinski definition) is 6. The van der Waals surface area contributed by atoms with Crippen LogP contribution in [0.25, 0.3) is 5.70 Å². The molecule has 156 valence electrons. The lowest BCUT2D eigenvalue weighted by molar-refractivity contribution is -0.384. The highest BCUT2D eigenvalue weighted by Crippen LogP contribution is 2.30.